The maximum atomic E-state index is 11.1. The molecule has 0 aliphatic carbocycles. The van der Waals surface area contributed by atoms with Crippen molar-refractivity contribution in [2.45, 2.75) is 25.4 Å². The summed E-state index contributed by atoms with van der Waals surface area (Å²) >= 11 is 0. The average molecular weight is 294 g/mol. The van der Waals surface area contributed by atoms with E-state index in [9.17, 15) is 20.2 Å². The van der Waals surface area contributed by atoms with Crippen molar-refractivity contribution >= 4 is 11.4 Å². The number of benzene rings is 1. The van der Waals surface area contributed by atoms with Crippen molar-refractivity contribution in [1.29, 1.82) is 0 Å². The van der Waals surface area contributed by atoms with Crippen molar-refractivity contribution < 1.29 is 9.85 Å². The predicted molar refractivity (Wildman–Crippen MR) is 77.1 cm³/mol. The highest BCUT2D eigenvalue weighted by molar-refractivity contribution is 5.49. The Kier molecular flexibility index (Phi) is 4.81. The smallest absolute Gasteiger partial charge is 0.280 e. The lowest BCUT2D eigenvalue weighted by Crippen LogP contribution is -2.35. The Morgan fingerprint density at radius 3 is 2.67 bits per heavy atom. The molecule has 8 heteroatoms. The molecular formula is C13H18N4O4. The molecule has 1 N–H and O–H groups in total. The number of nitrogens with one attached hydrogen (secondary N) is 1. The Morgan fingerprint density at radius 1 is 1.33 bits per heavy atom. The van der Waals surface area contributed by atoms with Crippen LogP contribution in [0.1, 0.15) is 18.4 Å². The van der Waals surface area contributed by atoms with Crippen LogP contribution in [-0.2, 0) is 6.54 Å². The van der Waals surface area contributed by atoms with Gasteiger partial charge in [-0.3, -0.25) is 20.2 Å². The summed E-state index contributed by atoms with van der Waals surface area (Å²) in [6, 6.07) is 4.21. The molecule has 1 aliphatic rings. The highest BCUT2D eigenvalue weighted by atomic mass is 16.6. The number of rotatable bonds is 6. The van der Waals surface area contributed by atoms with Crippen LogP contribution in [0.25, 0.3) is 0 Å². The van der Waals surface area contributed by atoms with E-state index in [2.05, 4.69) is 5.32 Å². The molecule has 0 bridgehead atoms. The van der Waals surface area contributed by atoms with Gasteiger partial charge in [0.25, 0.3) is 11.4 Å². The van der Waals surface area contributed by atoms with Crippen LogP contribution in [0.15, 0.2) is 18.2 Å². The summed E-state index contributed by atoms with van der Waals surface area (Å²) in [6.07, 6.45) is 2.25. The number of hydrogen-bond acceptors (Lipinski definition) is 6. The first-order valence-corrected chi connectivity index (χ1v) is 6.81. The molecule has 1 atom stereocenters. The Balaban J connectivity index is 2.10. The van der Waals surface area contributed by atoms with Crippen LogP contribution in [0, 0.1) is 20.2 Å². The quantitative estimate of drug-likeness (QED) is 0.632. The molecule has 1 aromatic rings. The van der Waals surface area contributed by atoms with Gasteiger partial charge < -0.3 is 10.2 Å². The minimum Gasteiger partial charge on any atom is -0.313 e. The number of likely N-dealkylation sites (N-methyl/N-ethyl adjacent to an activating group) is 1. The van der Waals surface area contributed by atoms with Gasteiger partial charge in [-0.15, -0.1) is 0 Å². The standard InChI is InChI=1S/C13H18N4O4/c1-15(9-11-3-2-6-14-11)8-10-4-5-12(16(18)19)7-13(10)17(20)21/h4-5,7,11,14H,2-3,6,8-9H2,1H3. The van der Waals surface area contributed by atoms with Gasteiger partial charge in [0.05, 0.1) is 15.9 Å². The molecule has 0 radical (unpaired) electrons. The van der Waals surface area contributed by atoms with Gasteiger partial charge >= 0.3 is 0 Å². The highest BCUT2D eigenvalue weighted by Gasteiger charge is 2.22. The normalized spacial score (nSPS) is 18.1. The fourth-order valence-corrected chi connectivity index (χ4v) is 2.61. The number of nitro groups is 2. The Morgan fingerprint density at radius 2 is 2.10 bits per heavy atom. The molecule has 0 spiro atoms. The molecule has 1 aliphatic heterocycles. The van der Waals surface area contributed by atoms with Gasteiger partial charge in [0.15, 0.2) is 0 Å². The summed E-state index contributed by atoms with van der Waals surface area (Å²) in [4.78, 5) is 22.6. The van der Waals surface area contributed by atoms with Gasteiger partial charge in [-0.1, -0.05) is 0 Å². The third-order valence-electron chi connectivity index (χ3n) is 3.61. The van der Waals surface area contributed by atoms with Crippen molar-refractivity contribution in [3.05, 3.63) is 44.0 Å². The number of hydrogen-bond donors (Lipinski definition) is 1. The molecule has 0 saturated carbocycles. The first-order chi connectivity index (χ1) is 9.97. The maximum Gasteiger partial charge on any atom is 0.280 e. The van der Waals surface area contributed by atoms with Crippen LogP contribution >= 0.6 is 0 Å². The number of nitrogens with zero attached hydrogens (tertiary/aromatic N) is 3. The second-order valence-electron chi connectivity index (χ2n) is 5.32. The molecule has 1 heterocycles. The number of nitro benzene ring substituents is 2. The zero-order chi connectivity index (χ0) is 15.4. The largest absolute Gasteiger partial charge is 0.313 e. The fourth-order valence-electron chi connectivity index (χ4n) is 2.61. The molecule has 21 heavy (non-hydrogen) atoms. The summed E-state index contributed by atoms with van der Waals surface area (Å²) in [7, 11) is 1.89. The molecule has 1 fully saturated rings. The van der Waals surface area contributed by atoms with E-state index in [4.69, 9.17) is 0 Å². The lowest BCUT2D eigenvalue weighted by atomic mass is 10.1. The molecule has 1 saturated heterocycles. The van der Waals surface area contributed by atoms with Crippen molar-refractivity contribution in [3.8, 4) is 0 Å². The minimum atomic E-state index is -0.622. The Hall–Kier alpha value is -2.06. The van der Waals surface area contributed by atoms with Crippen LogP contribution in [-0.4, -0.2) is 40.9 Å². The second kappa shape index (κ2) is 6.59. The monoisotopic (exact) mass is 294 g/mol. The zero-order valence-electron chi connectivity index (χ0n) is 11.8. The van der Waals surface area contributed by atoms with Crippen molar-refractivity contribution in [2.24, 2.45) is 0 Å². The fraction of sp³-hybridized carbons (Fsp3) is 0.538. The second-order valence-corrected chi connectivity index (χ2v) is 5.32. The summed E-state index contributed by atoms with van der Waals surface area (Å²) in [6.45, 7) is 2.21. The third-order valence-corrected chi connectivity index (χ3v) is 3.61. The van der Waals surface area contributed by atoms with Gasteiger partial charge in [-0.25, -0.2) is 0 Å². The first-order valence-electron chi connectivity index (χ1n) is 6.81. The van der Waals surface area contributed by atoms with E-state index < -0.39 is 9.85 Å². The van der Waals surface area contributed by atoms with E-state index in [1.807, 2.05) is 11.9 Å². The molecule has 1 unspecified atom stereocenters. The van der Waals surface area contributed by atoms with Crippen molar-refractivity contribution in [2.75, 3.05) is 20.1 Å². The SMILES string of the molecule is CN(Cc1ccc([N+](=O)[O-])cc1[N+](=O)[O-])CC1CCCN1. The molecule has 2 rings (SSSR count). The Bertz CT molecular complexity index is 543. The van der Waals surface area contributed by atoms with Crippen LogP contribution in [0.3, 0.4) is 0 Å². The van der Waals surface area contributed by atoms with Crippen LogP contribution in [0.2, 0.25) is 0 Å². The van der Waals surface area contributed by atoms with Crippen molar-refractivity contribution in [1.82, 2.24) is 10.2 Å². The minimum absolute atomic E-state index is 0.199. The molecule has 0 amide bonds. The lowest BCUT2D eigenvalue weighted by Gasteiger charge is -2.20. The van der Waals surface area contributed by atoms with Gasteiger partial charge in [-0.05, 0) is 32.5 Å². The van der Waals surface area contributed by atoms with Gasteiger partial charge in [0.1, 0.15) is 0 Å². The van der Waals surface area contributed by atoms with E-state index in [0.29, 0.717) is 18.2 Å². The summed E-state index contributed by atoms with van der Waals surface area (Å²) < 4.78 is 0. The van der Waals surface area contributed by atoms with Crippen LogP contribution < -0.4 is 5.32 Å². The lowest BCUT2D eigenvalue weighted by molar-refractivity contribution is -0.394. The molecule has 8 nitrogen and oxygen atoms in total. The summed E-state index contributed by atoms with van der Waals surface area (Å²) in [5, 5.41) is 25.1. The summed E-state index contributed by atoms with van der Waals surface area (Å²) in [5.74, 6) is 0. The van der Waals surface area contributed by atoms with E-state index in [1.165, 1.54) is 12.1 Å². The number of non-ortho nitro benzene ring substituents is 1. The van der Waals surface area contributed by atoms with Crippen molar-refractivity contribution in [3.63, 3.8) is 0 Å². The van der Waals surface area contributed by atoms with E-state index in [0.717, 1.165) is 32.0 Å². The predicted octanol–water partition coefficient (Wildman–Crippen LogP) is 1.69. The molecule has 0 aromatic heterocycles. The molecular weight excluding hydrogens is 276 g/mol. The van der Waals surface area contributed by atoms with Gasteiger partial charge in [0, 0.05) is 30.8 Å². The topological polar surface area (TPSA) is 102 Å². The first kappa shape index (κ1) is 15.3. The highest BCUT2D eigenvalue weighted by Crippen LogP contribution is 2.25. The van der Waals surface area contributed by atoms with Gasteiger partial charge in [-0.2, -0.15) is 0 Å². The summed E-state index contributed by atoms with van der Waals surface area (Å²) in [5.41, 5.74) is 0.0343. The maximum absolute atomic E-state index is 11.1. The van der Waals surface area contributed by atoms with Crippen LogP contribution in [0.5, 0.6) is 0 Å². The Labute approximate surface area is 122 Å². The van der Waals surface area contributed by atoms with E-state index in [-0.39, 0.29) is 11.4 Å². The van der Waals surface area contributed by atoms with E-state index >= 15 is 0 Å². The van der Waals surface area contributed by atoms with E-state index in [1.54, 1.807) is 0 Å². The molecule has 114 valence electrons. The average Bonchev–Trinajstić information content (AvgIpc) is 2.91. The van der Waals surface area contributed by atoms with Gasteiger partial charge in [0.2, 0.25) is 0 Å². The third kappa shape index (κ3) is 3.96. The zero-order valence-corrected chi connectivity index (χ0v) is 11.8. The van der Waals surface area contributed by atoms with Crippen LogP contribution in [0.4, 0.5) is 11.4 Å². The molecule has 1 aromatic carbocycles.